The maximum atomic E-state index is 10.6. The van der Waals surface area contributed by atoms with E-state index in [0.29, 0.717) is 19.8 Å². The molecule has 1 aromatic heterocycles. The average molecular weight is 211 g/mol. The van der Waals surface area contributed by atoms with E-state index in [0.717, 1.165) is 0 Å². The van der Waals surface area contributed by atoms with Crippen molar-refractivity contribution in [3.05, 3.63) is 28.4 Å². The minimum Gasteiger partial charge on any atom is -0.380 e. The van der Waals surface area contributed by atoms with Crippen LogP contribution in [0.3, 0.4) is 0 Å². The molecule has 1 rings (SSSR count). The largest absolute Gasteiger partial charge is 0.380 e. The van der Waals surface area contributed by atoms with E-state index in [2.05, 4.69) is 10.3 Å². The van der Waals surface area contributed by atoms with Crippen molar-refractivity contribution in [1.82, 2.24) is 4.98 Å². The van der Waals surface area contributed by atoms with Crippen LogP contribution in [0.25, 0.3) is 0 Å². The maximum absolute atomic E-state index is 10.6. The number of aromatic nitrogens is 1. The third-order valence-electron chi connectivity index (χ3n) is 1.73. The van der Waals surface area contributed by atoms with Gasteiger partial charge in [-0.05, 0) is 13.0 Å². The molecule has 6 nitrogen and oxygen atoms in total. The molecule has 0 bridgehead atoms. The van der Waals surface area contributed by atoms with Crippen molar-refractivity contribution >= 4 is 11.5 Å². The SMILES string of the molecule is CCOCCNc1ncccc1[N+](=O)[O-]. The normalized spacial score (nSPS) is 9.93. The lowest BCUT2D eigenvalue weighted by Gasteiger charge is -2.05. The van der Waals surface area contributed by atoms with E-state index in [4.69, 9.17) is 4.74 Å². The molecule has 0 saturated heterocycles. The van der Waals surface area contributed by atoms with Gasteiger partial charge < -0.3 is 10.1 Å². The first-order valence-corrected chi connectivity index (χ1v) is 4.66. The lowest BCUT2D eigenvalue weighted by Crippen LogP contribution is -2.11. The van der Waals surface area contributed by atoms with Crippen LogP contribution in [0.1, 0.15) is 6.92 Å². The second kappa shape index (κ2) is 5.92. The zero-order valence-corrected chi connectivity index (χ0v) is 8.47. The third-order valence-corrected chi connectivity index (χ3v) is 1.73. The zero-order valence-electron chi connectivity index (χ0n) is 8.47. The number of pyridine rings is 1. The fourth-order valence-corrected chi connectivity index (χ4v) is 1.07. The lowest BCUT2D eigenvalue weighted by molar-refractivity contribution is -0.384. The minimum atomic E-state index is -0.462. The predicted molar refractivity (Wildman–Crippen MR) is 55.9 cm³/mol. The summed E-state index contributed by atoms with van der Waals surface area (Å²) in [7, 11) is 0. The van der Waals surface area contributed by atoms with E-state index in [1.54, 1.807) is 0 Å². The molecule has 0 aliphatic carbocycles. The quantitative estimate of drug-likeness (QED) is 0.437. The molecule has 0 radical (unpaired) electrons. The Morgan fingerprint density at radius 1 is 1.67 bits per heavy atom. The van der Waals surface area contributed by atoms with Gasteiger partial charge in [0.25, 0.3) is 0 Å². The summed E-state index contributed by atoms with van der Waals surface area (Å²) in [5, 5.41) is 13.5. The van der Waals surface area contributed by atoms with Crippen molar-refractivity contribution in [3.63, 3.8) is 0 Å². The highest BCUT2D eigenvalue weighted by Crippen LogP contribution is 2.19. The molecule has 0 spiro atoms. The highest BCUT2D eigenvalue weighted by Gasteiger charge is 2.12. The standard InChI is InChI=1S/C9H13N3O3/c1-2-15-7-6-11-9-8(12(13)14)4-3-5-10-9/h3-5H,2,6-7H2,1H3,(H,10,11). The molecule has 6 heteroatoms. The fraction of sp³-hybridized carbons (Fsp3) is 0.444. The molecule has 0 saturated carbocycles. The highest BCUT2D eigenvalue weighted by atomic mass is 16.6. The van der Waals surface area contributed by atoms with Crippen molar-refractivity contribution in [3.8, 4) is 0 Å². The third kappa shape index (κ3) is 3.51. The van der Waals surface area contributed by atoms with E-state index in [9.17, 15) is 10.1 Å². The minimum absolute atomic E-state index is 0.0194. The highest BCUT2D eigenvalue weighted by molar-refractivity contribution is 5.54. The molecule has 0 unspecified atom stereocenters. The molecule has 82 valence electrons. The first kappa shape index (κ1) is 11.4. The second-order valence-electron chi connectivity index (χ2n) is 2.75. The molecule has 15 heavy (non-hydrogen) atoms. The summed E-state index contributed by atoms with van der Waals surface area (Å²) in [5.41, 5.74) is -0.0194. The summed E-state index contributed by atoms with van der Waals surface area (Å²) in [5.74, 6) is 0.280. The Morgan fingerprint density at radius 3 is 3.13 bits per heavy atom. The summed E-state index contributed by atoms with van der Waals surface area (Å²) in [4.78, 5) is 14.0. The van der Waals surface area contributed by atoms with Crippen LogP contribution in [0.5, 0.6) is 0 Å². The topological polar surface area (TPSA) is 77.3 Å². The summed E-state index contributed by atoms with van der Waals surface area (Å²) in [6.07, 6.45) is 1.51. The number of rotatable bonds is 6. The van der Waals surface area contributed by atoms with E-state index < -0.39 is 4.92 Å². The molecule has 0 aliphatic heterocycles. The number of nitro groups is 1. The van der Waals surface area contributed by atoms with Gasteiger partial charge in [-0.25, -0.2) is 4.98 Å². The van der Waals surface area contributed by atoms with Gasteiger partial charge in [-0.2, -0.15) is 0 Å². The van der Waals surface area contributed by atoms with Gasteiger partial charge in [-0.1, -0.05) is 0 Å². The van der Waals surface area contributed by atoms with Crippen LogP contribution < -0.4 is 5.32 Å². The van der Waals surface area contributed by atoms with E-state index >= 15 is 0 Å². The molecule has 0 aromatic carbocycles. The zero-order chi connectivity index (χ0) is 11.1. The van der Waals surface area contributed by atoms with Crippen molar-refractivity contribution in [2.45, 2.75) is 6.92 Å². The van der Waals surface area contributed by atoms with Crippen molar-refractivity contribution in [2.75, 3.05) is 25.1 Å². The van der Waals surface area contributed by atoms with Crippen molar-refractivity contribution < 1.29 is 9.66 Å². The number of nitrogens with one attached hydrogen (secondary N) is 1. The Kier molecular flexibility index (Phi) is 4.49. The van der Waals surface area contributed by atoms with Crippen LogP contribution in [0.15, 0.2) is 18.3 Å². The number of hydrogen-bond acceptors (Lipinski definition) is 5. The molecule has 0 fully saturated rings. The average Bonchev–Trinajstić information content (AvgIpc) is 2.25. The molecule has 1 heterocycles. The van der Waals surface area contributed by atoms with E-state index in [1.807, 2.05) is 6.92 Å². The van der Waals surface area contributed by atoms with Gasteiger partial charge in [0.15, 0.2) is 0 Å². The van der Waals surface area contributed by atoms with Crippen LogP contribution in [-0.2, 0) is 4.74 Å². The molecule has 0 amide bonds. The Balaban J connectivity index is 2.56. The number of ether oxygens (including phenoxy) is 1. The van der Waals surface area contributed by atoms with Gasteiger partial charge in [-0.3, -0.25) is 10.1 Å². The van der Waals surface area contributed by atoms with Crippen molar-refractivity contribution in [1.29, 1.82) is 0 Å². The summed E-state index contributed by atoms with van der Waals surface area (Å²) < 4.78 is 5.10. The monoisotopic (exact) mass is 211 g/mol. The van der Waals surface area contributed by atoms with Crippen LogP contribution in [0.4, 0.5) is 11.5 Å². The Bertz CT molecular complexity index is 330. The van der Waals surface area contributed by atoms with Crippen LogP contribution in [-0.4, -0.2) is 29.7 Å². The second-order valence-corrected chi connectivity index (χ2v) is 2.75. The molecule has 1 aromatic rings. The van der Waals surface area contributed by atoms with Gasteiger partial charge in [0.2, 0.25) is 5.82 Å². The van der Waals surface area contributed by atoms with Gasteiger partial charge in [-0.15, -0.1) is 0 Å². The summed E-state index contributed by atoms with van der Waals surface area (Å²) in [6.45, 7) is 3.53. The molecule has 0 atom stereocenters. The Labute approximate surface area is 87.4 Å². The lowest BCUT2D eigenvalue weighted by atomic mass is 10.4. The van der Waals surface area contributed by atoms with E-state index in [1.165, 1.54) is 18.3 Å². The Hall–Kier alpha value is -1.69. The van der Waals surface area contributed by atoms with Crippen LogP contribution in [0.2, 0.25) is 0 Å². The summed E-state index contributed by atoms with van der Waals surface area (Å²) in [6, 6.07) is 2.95. The van der Waals surface area contributed by atoms with Crippen LogP contribution >= 0.6 is 0 Å². The Morgan fingerprint density at radius 2 is 2.47 bits per heavy atom. The number of nitrogens with zero attached hydrogens (tertiary/aromatic N) is 2. The molecule has 0 aliphatic rings. The van der Waals surface area contributed by atoms with E-state index in [-0.39, 0.29) is 11.5 Å². The van der Waals surface area contributed by atoms with Gasteiger partial charge in [0.05, 0.1) is 11.5 Å². The summed E-state index contributed by atoms with van der Waals surface area (Å²) >= 11 is 0. The fourth-order valence-electron chi connectivity index (χ4n) is 1.07. The van der Waals surface area contributed by atoms with Gasteiger partial charge >= 0.3 is 5.69 Å². The molecular weight excluding hydrogens is 198 g/mol. The first-order valence-electron chi connectivity index (χ1n) is 4.66. The number of hydrogen-bond donors (Lipinski definition) is 1. The molecular formula is C9H13N3O3. The maximum Gasteiger partial charge on any atom is 0.311 e. The first-order chi connectivity index (χ1) is 7.25. The van der Waals surface area contributed by atoms with Crippen LogP contribution in [0, 0.1) is 10.1 Å². The van der Waals surface area contributed by atoms with Gasteiger partial charge in [0, 0.05) is 25.4 Å². The van der Waals surface area contributed by atoms with Gasteiger partial charge in [0.1, 0.15) is 0 Å². The number of anilines is 1. The van der Waals surface area contributed by atoms with Crippen molar-refractivity contribution in [2.24, 2.45) is 0 Å². The smallest absolute Gasteiger partial charge is 0.311 e. The molecule has 1 N–H and O–H groups in total. The predicted octanol–water partition coefficient (Wildman–Crippen LogP) is 1.44.